The largest absolute Gasteiger partial charge is 0.462 e. The highest BCUT2D eigenvalue weighted by molar-refractivity contribution is 5.69. The summed E-state index contributed by atoms with van der Waals surface area (Å²) in [5.74, 6) is -0.0763. The van der Waals surface area contributed by atoms with Gasteiger partial charge in [0, 0.05) is 19.6 Å². The summed E-state index contributed by atoms with van der Waals surface area (Å²) in [5.41, 5.74) is 0. The van der Waals surface area contributed by atoms with Gasteiger partial charge in [-0.1, -0.05) is 25.7 Å². The topological polar surface area (TPSA) is 70.0 Å². The predicted molar refractivity (Wildman–Crippen MR) is 98.0 cm³/mol. The van der Waals surface area contributed by atoms with Crippen LogP contribution in [0.15, 0.2) is 0 Å². The zero-order valence-electron chi connectivity index (χ0n) is 15.8. The summed E-state index contributed by atoms with van der Waals surface area (Å²) < 4.78 is 5.69. The Morgan fingerprint density at radius 3 is 1.79 bits per heavy atom. The number of unbranched alkanes of at least 4 members (excludes halogenated alkanes) is 6. The van der Waals surface area contributed by atoms with Crippen molar-refractivity contribution >= 4 is 5.97 Å². The van der Waals surface area contributed by atoms with Gasteiger partial charge in [-0.2, -0.15) is 0 Å². The molecular weight excluding hydrogens is 306 g/mol. The second-order valence-corrected chi connectivity index (χ2v) is 6.87. The molecular formula is C19H39NO4. The standard InChI is InChI=1S/C19H39NO4/c1-20(2)15-11-14-19(23)24-18(12-7-3-5-9-16-21)13-8-4-6-10-17-22/h18,21-22H,3-17H2,1-2H3. The average molecular weight is 346 g/mol. The molecule has 0 aromatic rings. The number of aliphatic hydroxyl groups excluding tert-OH is 2. The summed E-state index contributed by atoms with van der Waals surface area (Å²) in [4.78, 5) is 14.1. The molecule has 0 aromatic heterocycles. The van der Waals surface area contributed by atoms with Gasteiger partial charge < -0.3 is 19.8 Å². The highest BCUT2D eigenvalue weighted by Crippen LogP contribution is 2.16. The summed E-state index contributed by atoms with van der Waals surface area (Å²) in [5, 5.41) is 17.6. The van der Waals surface area contributed by atoms with Crippen molar-refractivity contribution in [3.8, 4) is 0 Å². The third-order valence-corrected chi connectivity index (χ3v) is 4.15. The van der Waals surface area contributed by atoms with Crippen molar-refractivity contribution in [2.45, 2.75) is 83.2 Å². The van der Waals surface area contributed by atoms with Crippen LogP contribution in [0.4, 0.5) is 0 Å². The Labute approximate surface area is 148 Å². The van der Waals surface area contributed by atoms with Crippen molar-refractivity contribution in [2.24, 2.45) is 0 Å². The van der Waals surface area contributed by atoms with Gasteiger partial charge in [0.2, 0.25) is 0 Å². The van der Waals surface area contributed by atoms with E-state index in [1.807, 2.05) is 14.1 Å². The molecule has 0 aromatic carbocycles. The van der Waals surface area contributed by atoms with E-state index in [9.17, 15) is 4.79 Å². The van der Waals surface area contributed by atoms with E-state index < -0.39 is 0 Å². The molecule has 0 bridgehead atoms. The molecule has 0 unspecified atom stereocenters. The highest BCUT2D eigenvalue weighted by atomic mass is 16.5. The summed E-state index contributed by atoms with van der Waals surface area (Å²) in [6.07, 6.45) is 11.3. The minimum absolute atomic E-state index is 0.0279. The Morgan fingerprint density at radius 1 is 0.833 bits per heavy atom. The van der Waals surface area contributed by atoms with Crippen LogP contribution in [-0.4, -0.2) is 61.0 Å². The van der Waals surface area contributed by atoms with Crippen molar-refractivity contribution in [3.63, 3.8) is 0 Å². The molecule has 5 nitrogen and oxygen atoms in total. The van der Waals surface area contributed by atoms with Gasteiger partial charge in [-0.25, -0.2) is 0 Å². The van der Waals surface area contributed by atoms with Crippen LogP contribution < -0.4 is 0 Å². The lowest BCUT2D eigenvalue weighted by Crippen LogP contribution is -2.20. The van der Waals surface area contributed by atoms with Crippen molar-refractivity contribution < 1.29 is 19.7 Å². The van der Waals surface area contributed by atoms with Gasteiger partial charge in [0.15, 0.2) is 0 Å². The van der Waals surface area contributed by atoms with E-state index in [0.717, 1.165) is 77.2 Å². The molecule has 0 spiro atoms. The second-order valence-electron chi connectivity index (χ2n) is 6.87. The van der Waals surface area contributed by atoms with E-state index in [1.165, 1.54) is 0 Å². The van der Waals surface area contributed by atoms with Crippen molar-refractivity contribution in [3.05, 3.63) is 0 Å². The molecule has 0 aliphatic carbocycles. The molecule has 0 fully saturated rings. The van der Waals surface area contributed by atoms with Gasteiger partial charge in [-0.05, 0) is 65.6 Å². The molecule has 144 valence electrons. The fourth-order valence-corrected chi connectivity index (χ4v) is 2.72. The molecule has 0 heterocycles. The Morgan fingerprint density at radius 2 is 1.33 bits per heavy atom. The van der Waals surface area contributed by atoms with E-state index in [1.54, 1.807) is 0 Å². The van der Waals surface area contributed by atoms with E-state index in [2.05, 4.69) is 4.90 Å². The summed E-state index contributed by atoms with van der Waals surface area (Å²) in [6.45, 7) is 1.42. The number of aliphatic hydroxyl groups is 2. The van der Waals surface area contributed by atoms with E-state index >= 15 is 0 Å². The van der Waals surface area contributed by atoms with E-state index in [0.29, 0.717) is 6.42 Å². The molecule has 24 heavy (non-hydrogen) atoms. The van der Waals surface area contributed by atoms with Crippen LogP contribution in [0.1, 0.15) is 77.0 Å². The fraction of sp³-hybridized carbons (Fsp3) is 0.947. The van der Waals surface area contributed by atoms with E-state index in [-0.39, 0.29) is 25.3 Å². The van der Waals surface area contributed by atoms with Crippen LogP contribution in [0.5, 0.6) is 0 Å². The monoisotopic (exact) mass is 345 g/mol. The van der Waals surface area contributed by atoms with Crippen LogP contribution in [-0.2, 0) is 9.53 Å². The molecule has 0 amide bonds. The number of hydrogen-bond acceptors (Lipinski definition) is 5. The van der Waals surface area contributed by atoms with Crippen molar-refractivity contribution in [1.82, 2.24) is 4.90 Å². The molecule has 0 aliphatic heterocycles. The minimum Gasteiger partial charge on any atom is -0.462 e. The lowest BCUT2D eigenvalue weighted by atomic mass is 10.0. The van der Waals surface area contributed by atoms with Gasteiger partial charge in [0.1, 0.15) is 6.10 Å². The van der Waals surface area contributed by atoms with Gasteiger partial charge in [0.05, 0.1) is 0 Å². The molecule has 0 saturated heterocycles. The average Bonchev–Trinajstić information content (AvgIpc) is 2.53. The lowest BCUT2D eigenvalue weighted by molar-refractivity contribution is -0.150. The van der Waals surface area contributed by atoms with Crippen molar-refractivity contribution in [2.75, 3.05) is 33.9 Å². The summed E-state index contributed by atoms with van der Waals surface area (Å²) in [7, 11) is 4.01. The van der Waals surface area contributed by atoms with Crippen LogP contribution in [0.2, 0.25) is 0 Å². The maximum Gasteiger partial charge on any atom is 0.306 e. The van der Waals surface area contributed by atoms with Crippen LogP contribution in [0.25, 0.3) is 0 Å². The Kier molecular flexibility index (Phi) is 16.7. The van der Waals surface area contributed by atoms with Crippen LogP contribution in [0.3, 0.4) is 0 Å². The van der Waals surface area contributed by atoms with Gasteiger partial charge >= 0.3 is 5.97 Å². The Hall–Kier alpha value is -0.650. The molecule has 0 aliphatic rings. The number of nitrogens with zero attached hydrogens (tertiary/aromatic N) is 1. The van der Waals surface area contributed by atoms with Gasteiger partial charge in [0.25, 0.3) is 0 Å². The molecule has 0 atom stereocenters. The molecule has 0 saturated carbocycles. The molecule has 0 radical (unpaired) electrons. The number of hydrogen-bond donors (Lipinski definition) is 2. The number of esters is 1. The summed E-state index contributed by atoms with van der Waals surface area (Å²) >= 11 is 0. The number of rotatable bonds is 17. The lowest BCUT2D eigenvalue weighted by Gasteiger charge is -2.18. The third kappa shape index (κ3) is 16.2. The van der Waals surface area contributed by atoms with Gasteiger partial charge in [-0.3, -0.25) is 4.79 Å². The fourth-order valence-electron chi connectivity index (χ4n) is 2.72. The van der Waals surface area contributed by atoms with Crippen LogP contribution in [0, 0.1) is 0 Å². The first-order valence-electron chi connectivity index (χ1n) is 9.66. The smallest absolute Gasteiger partial charge is 0.306 e. The van der Waals surface area contributed by atoms with Crippen LogP contribution >= 0.6 is 0 Å². The number of carbonyl (C=O) groups excluding carboxylic acids is 1. The normalized spacial score (nSPS) is 11.4. The first kappa shape index (κ1) is 23.4. The third-order valence-electron chi connectivity index (χ3n) is 4.15. The van der Waals surface area contributed by atoms with Crippen molar-refractivity contribution in [1.29, 1.82) is 0 Å². The SMILES string of the molecule is CN(C)CCCC(=O)OC(CCCCCCO)CCCCCCO. The Bertz CT molecular complexity index is 271. The minimum atomic E-state index is -0.0763. The second kappa shape index (κ2) is 17.2. The maximum absolute atomic E-state index is 12.0. The quantitative estimate of drug-likeness (QED) is 0.313. The van der Waals surface area contributed by atoms with Gasteiger partial charge in [-0.15, -0.1) is 0 Å². The van der Waals surface area contributed by atoms with E-state index in [4.69, 9.17) is 14.9 Å². The Balaban J connectivity index is 4.02. The number of carbonyl (C=O) groups is 1. The highest BCUT2D eigenvalue weighted by Gasteiger charge is 2.14. The molecule has 0 rings (SSSR count). The molecule has 2 N–H and O–H groups in total. The summed E-state index contributed by atoms with van der Waals surface area (Å²) in [6, 6.07) is 0. The first-order valence-corrected chi connectivity index (χ1v) is 9.66. The first-order chi connectivity index (χ1) is 11.6. The number of ether oxygens (including phenoxy) is 1. The molecule has 5 heteroatoms. The zero-order chi connectivity index (χ0) is 18.0. The maximum atomic E-state index is 12.0. The zero-order valence-corrected chi connectivity index (χ0v) is 15.8. The predicted octanol–water partition coefficient (Wildman–Crippen LogP) is 3.13.